The van der Waals surface area contributed by atoms with Crippen LogP contribution >= 0.6 is 0 Å². The molecule has 9 saturated heterocycles. The Morgan fingerprint density at radius 3 is 1.06 bits per heavy atom. The van der Waals surface area contributed by atoms with E-state index >= 15 is 0 Å². The molecule has 9 rings (SSSR count). The first kappa shape index (κ1) is 104. The number of nitrogens with one attached hydrogen (secondary N) is 5. The zero-order valence-electron chi connectivity index (χ0n) is 67.8. The van der Waals surface area contributed by atoms with Crippen LogP contribution in [0.15, 0.2) is 0 Å². The SMILES string of the molecule is CC(=O)N[C@H]1[C@H](O[C@@H]([C@H](O)[C@H](CO)NC(C)=O)[C@H](O)CO[C@@H]2O[C@@H](C)[C@@H](O)[C@@H](O)[C@@H]2O)O[C@H](CO)[C@@H](O[C@@H]2O[C@H](CO[C@H]3O[C@H](CO)[C@@H](O)[C@H](O)[C@@H]3O[C@@H]3O[C@H](CO)[C@@H](O)[C@H](O)[C@H]3NC(C)=O)[C@@H](O[C@@H]3O[C@H](CO)[C@@H](O)[C@H](O)[C@H]3NC(C)=O)[C@H](O[C@H]3O[C@H](CO)[C@@H](O)[C@H](O)[C@@H]3O[C@@H]3O[C@H](CO)[C@@H](O[C@@H]4O[C@H](CO)[C@H](O)[C@H](O)[C@H]4O)[C@H](O)[C@H]3NC(C)=O)[C@@H]2O)[C@@H]1O. The van der Waals surface area contributed by atoms with Gasteiger partial charge in [-0.2, -0.15) is 0 Å². The van der Waals surface area contributed by atoms with Crippen molar-refractivity contribution in [1.29, 1.82) is 0 Å². The highest BCUT2D eigenvalue weighted by Crippen LogP contribution is 2.41. The van der Waals surface area contributed by atoms with Crippen LogP contribution in [-0.2, 0) is 109 Å². The Morgan fingerprint density at radius 1 is 0.296 bits per heavy atom. The van der Waals surface area contributed by atoms with Crippen LogP contribution in [0.5, 0.6) is 0 Å². The molecule has 9 heterocycles. The summed E-state index contributed by atoms with van der Waals surface area (Å²) in [4.78, 5) is 64.8. The van der Waals surface area contributed by atoms with E-state index in [2.05, 4.69) is 26.6 Å². The molecule has 0 spiro atoms. The molecule has 55 nitrogen and oxygen atoms in total. The summed E-state index contributed by atoms with van der Waals surface area (Å²) < 4.78 is 109. The summed E-state index contributed by atoms with van der Waals surface area (Å²) in [5, 5.41) is 315. The molecule has 0 aromatic heterocycles. The molecule has 0 aliphatic carbocycles. The van der Waals surface area contributed by atoms with Gasteiger partial charge in [0.15, 0.2) is 56.6 Å². The number of rotatable bonds is 36. The number of hydrogen-bond acceptors (Lipinski definition) is 50. The molecule has 49 atom stereocenters. The van der Waals surface area contributed by atoms with Crippen molar-refractivity contribution in [2.75, 3.05) is 66.1 Å². The number of aliphatic hydroxyl groups is 27. The van der Waals surface area contributed by atoms with Gasteiger partial charge in [-0.05, 0) is 6.92 Å². The summed E-state index contributed by atoms with van der Waals surface area (Å²) in [6.45, 7) is -5.96. The fourth-order valence-electron chi connectivity index (χ4n) is 15.8. The maximum atomic E-state index is 13.4. The minimum Gasteiger partial charge on any atom is -0.394 e. The first-order chi connectivity index (χ1) is 59.0. The van der Waals surface area contributed by atoms with Gasteiger partial charge < -0.3 is 250 Å². The predicted octanol–water partition coefficient (Wildman–Crippen LogP) is -21.4. The summed E-state index contributed by atoms with van der Waals surface area (Å²) in [6, 6.07) is -9.87. The van der Waals surface area contributed by atoms with E-state index in [9.17, 15) is 162 Å². The topological polar surface area (TPSA) is 858 Å². The Kier molecular flexibility index (Phi) is 38.6. The van der Waals surface area contributed by atoms with Crippen molar-refractivity contribution in [3.05, 3.63) is 0 Å². The zero-order chi connectivity index (χ0) is 92.5. The number of aliphatic hydroxyl groups excluding tert-OH is 27. The van der Waals surface area contributed by atoms with E-state index in [0.717, 1.165) is 34.6 Å². The van der Waals surface area contributed by atoms with Gasteiger partial charge in [0.2, 0.25) is 29.5 Å². The third-order valence-corrected chi connectivity index (χ3v) is 22.5. The van der Waals surface area contributed by atoms with Gasteiger partial charge >= 0.3 is 0 Å². The fraction of sp³-hybridized carbons (Fsp3) is 0.929. The molecule has 0 aromatic carbocycles. The summed E-state index contributed by atoms with van der Waals surface area (Å²) in [6.07, 6.45) is -95.6. The monoisotopic (exact) mass is 1830 g/mol. The second-order valence-corrected chi connectivity index (χ2v) is 31.5. The van der Waals surface area contributed by atoms with Gasteiger partial charge in [0.25, 0.3) is 0 Å². The van der Waals surface area contributed by atoms with E-state index in [0.29, 0.717) is 0 Å². The molecule has 125 heavy (non-hydrogen) atoms. The summed E-state index contributed by atoms with van der Waals surface area (Å²) in [5.74, 6) is -4.88. The summed E-state index contributed by atoms with van der Waals surface area (Å²) >= 11 is 0. The van der Waals surface area contributed by atoms with Crippen LogP contribution in [0.1, 0.15) is 41.5 Å². The first-order valence-corrected chi connectivity index (χ1v) is 39.9. The van der Waals surface area contributed by atoms with Gasteiger partial charge in [-0.25, -0.2) is 0 Å². The van der Waals surface area contributed by atoms with Gasteiger partial charge in [0, 0.05) is 34.6 Å². The van der Waals surface area contributed by atoms with Crippen LogP contribution in [-0.4, -0.2) is 534 Å². The highest BCUT2D eigenvalue weighted by Gasteiger charge is 2.62. The standard InChI is InChI=1S/C70H119N5O50/c1-17-37(90)48(101)52(105)66(110-17)108-15-24(89)55(38(91)23(7-76)71-18(2)84)119-64-35(74-21(5)87)46(99)57(31(14-83)116-64)121-68-54(107)59(123-70-61(51(104)43(96)29(12-81)115-70)125-65-36(75-22(6)88)47(100)56(30(13-82)117-65)120-67-53(106)49(102)41(94)27(10-79)113-67)58(122-62-33(72-19(3)85)44(97)39(92)25(8-77)111-62)32(118-68)16-109-69-60(50(103)42(95)28(11-80)114-69)124-63-34(73-20(4)86)45(98)40(93)26(9-78)112-63/h17,23-70,76-83,89-107H,7-16H2,1-6H3,(H,71,84)(H,72,85)(H,73,86)(H,74,87)(H,75,88)/t17-,23-,24+,25+,26+,27+,28+,29+,30+,31+,32+,33+,34+,35+,36+,37+,38+,39+,40+,41-,42+,43+,44+,45+,46+,47+,48+,49-,50-,51-,52-,53+,54-,55+,56+,57+,58+,59+,60-,61-,62-,63-,64-,65-,66+,67-,68-,69-,70+/m0/s1. The minimum absolute atomic E-state index is 0.869. The molecule has 9 aliphatic heterocycles. The molecule has 9 fully saturated rings. The average Bonchev–Trinajstić information content (AvgIpc) is 0.751. The minimum atomic E-state index is -2.80. The third-order valence-electron chi connectivity index (χ3n) is 22.5. The molecular weight excluding hydrogens is 1710 g/mol. The maximum Gasteiger partial charge on any atom is 0.217 e. The van der Waals surface area contributed by atoms with E-state index < -0.39 is 396 Å². The first-order valence-electron chi connectivity index (χ1n) is 39.9. The van der Waals surface area contributed by atoms with E-state index in [-0.39, 0.29) is 0 Å². The van der Waals surface area contributed by atoms with E-state index in [1.165, 1.54) is 6.92 Å². The molecule has 9 aliphatic rings. The van der Waals surface area contributed by atoms with Crippen LogP contribution in [0.2, 0.25) is 0 Å². The van der Waals surface area contributed by atoms with Crippen LogP contribution < -0.4 is 26.6 Å². The third kappa shape index (κ3) is 24.1. The number of hydrogen-bond donors (Lipinski definition) is 32. The quantitative estimate of drug-likeness (QED) is 0.0277. The molecule has 55 heteroatoms. The molecule has 0 radical (unpaired) electrons. The summed E-state index contributed by atoms with van der Waals surface area (Å²) in [7, 11) is 0. The van der Waals surface area contributed by atoms with Gasteiger partial charge in [0.05, 0.1) is 78.2 Å². The molecule has 32 N–H and O–H groups in total. The Morgan fingerprint density at radius 2 is 0.624 bits per heavy atom. The van der Waals surface area contributed by atoms with Crippen LogP contribution in [0, 0.1) is 0 Å². The molecule has 724 valence electrons. The smallest absolute Gasteiger partial charge is 0.217 e. The van der Waals surface area contributed by atoms with E-state index in [1.54, 1.807) is 0 Å². The Bertz CT molecular complexity index is 3370. The van der Waals surface area contributed by atoms with Gasteiger partial charge in [-0.15, -0.1) is 0 Å². The van der Waals surface area contributed by atoms with Crippen molar-refractivity contribution >= 4 is 29.5 Å². The highest BCUT2D eigenvalue weighted by atomic mass is 16.8. The number of carbonyl (C=O) groups excluding carboxylic acids is 5. The van der Waals surface area contributed by atoms with Crippen molar-refractivity contribution in [3.8, 4) is 0 Å². The van der Waals surface area contributed by atoms with Gasteiger partial charge in [0.1, 0.15) is 232 Å². The maximum absolute atomic E-state index is 13.4. The van der Waals surface area contributed by atoms with E-state index in [1.807, 2.05) is 0 Å². The Balaban J connectivity index is 1.17. The number of carbonyl (C=O) groups is 5. The lowest BCUT2D eigenvalue weighted by molar-refractivity contribution is -0.408. The van der Waals surface area contributed by atoms with Crippen molar-refractivity contribution in [1.82, 2.24) is 26.6 Å². The molecule has 0 saturated carbocycles. The lowest BCUT2D eigenvalue weighted by Gasteiger charge is -2.52. The highest BCUT2D eigenvalue weighted by molar-refractivity contribution is 5.75. The zero-order valence-corrected chi connectivity index (χ0v) is 67.8. The normalized spacial score (nSPS) is 46.1. The Labute approximate surface area is 709 Å². The predicted molar refractivity (Wildman–Crippen MR) is 388 cm³/mol. The lowest BCUT2D eigenvalue weighted by atomic mass is 9.93. The van der Waals surface area contributed by atoms with Crippen LogP contribution in [0.25, 0.3) is 0 Å². The second kappa shape index (κ2) is 46.3. The second-order valence-electron chi connectivity index (χ2n) is 31.5. The fourth-order valence-corrected chi connectivity index (χ4v) is 15.8. The average molecular weight is 1830 g/mol. The van der Waals surface area contributed by atoms with Crippen molar-refractivity contribution in [2.45, 2.75) is 342 Å². The largest absolute Gasteiger partial charge is 0.394 e. The molecule has 5 amide bonds. The van der Waals surface area contributed by atoms with Crippen LogP contribution in [0.4, 0.5) is 0 Å². The number of amides is 5. The van der Waals surface area contributed by atoms with Gasteiger partial charge in [-0.3, -0.25) is 24.0 Å². The molecule has 0 unspecified atom stereocenters. The van der Waals surface area contributed by atoms with Gasteiger partial charge in [-0.1, -0.05) is 0 Å². The Hall–Kier alpha value is -4.45. The van der Waals surface area contributed by atoms with Crippen molar-refractivity contribution in [3.63, 3.8) is 0 Å². The molecule has 0 bridgehead atoms. The number of ether oxygens (including phenoxy) is 18. The van der Waals surface area contributed by atoms with Crippen LogP contribution in [0.3, 0.4) is 0 Å². The summed E-state index contributed by atoms with van der Waals surface area (Å²) in [5.41, 5.74) is 0. The van der Waals surface area contributed by atoms with Crippen molar-refractivity contribution in [2.24, 2.45) is 0 Å². The lowest BCUT2D eigenvalue weighted by Crippen LogP contribution is -2.71. The molecular formula is C70H119N5O50. The van der Waals surface area contributed by atoms with Crippen molar-refractivity contribution < 1.29 is 247 Å². The van der Waals surface area contributed by atoms with E-state index in [4.69, 9.17) is 85.3 Å². The molecule has 0 aromatic rings.